The Hall–Kier alpha value is -1.60. The molecular weight excluding hydrogens is 320 g/mol. The summed E-state index contributed by atoms with van der Waals surface area (Å²) in [6.45, 7) is 1.87. The third kappa shape index (κ3) is 3.25. The minimum Gasteiger partial charge on any atom is -0.504 e. The number of methoxy groups -OCH3 is 1. The number of hydrogen-bond donors (Lipinski definition) is 1. The number of carbonyl (C=O) groups is 1. The molecule has 2 aliphatic rings. The van der Waals surface area contributed by atoms with Crippen LogP contribution in [0.15, 0.2) is 28.1 Å². The number of nitrogens with zero attached hydrogens (tertiary/aromatic N) is 2. The summed E-state index contributed by atoms with van der Waals surface area (Å²) >= 11 is 3.34. The first-order valence-corrected chi connectivity index (χ1v) is 8.87. The first-order chi connectivity index (χ1) is 10.7. The maximum absolute atomic E-state index is 12.1. The lowest BCUT2D eigenvalue weighted by Crippen LogP contribution is -2.35. The van der Waals surface area contributed by atoms with E-state index in [1.165, 1.54) is 18.9 Å². The van der Waals surface area contributed by atoms with Crippen LogP contribution in [-0.4, -0.2) is 52.8 Å². The van der Waals surface area contributed by atoms with Crippen LogP contribution in [0, 0.1) is 0 Å². The Morgan fingerprint density at radius 3 is 2.86 bits per heavy atom. The molecule has 1 amide bonds. The average Bonchev–Trinajstić information content (AvgIpc) is 2.91. The molecule has 0 atom stereocenters. The summed E-state index contributed by atoms with van der Waals surface area (Å²) in [6.07, 6.45) is 1.78. The molecule has 0 unspecified atom stereocenters. The summed E-state index contributed by atoms with van der Waals surface area (Å²) in [7, 11) is 1.50. The van der Waals surface area contributed by atoms with Gasteiger partial charge in [0.1, 0.15) is 0 Å². The first-order valence-electron chi connectivity index (χ1n) is 6.89. The van der Waals surface area contributed by atoms with Crippen molar-refractivity contribution in [3.8, 4) is 11.5 Å². The van der Waals surface area contributed by atoms with Crippen molar-refractivity contribution in [2.24, 2.45) is 4.99 Å². The van der Waals surface area contributed by atoms with Gasteiger partial charge < -0.3 is 14.7 Å². The summed E-state index contributed by atoms with van der Waals surface area (Å²) < 4.78 is 5.08. The fourth-order valence-electron chi connectivity index (χ4n) is 2.22. The number of amides is 1. The second-order valence-corrected chi connectivity index (χ2v) is 7.07. The molecule has 0 saturated carbocycles. The number of phenolic OH excluding ortho intramolecular Hbond substituents is 1. The van der Waals surface area contributed by atoms with Crippen LogP contribution in [0.3, 0.4) is 0 Å². The van der Waals surface area contributed by atoms with Crippen LogP contribution in [0.1, 0.15) is 5.56 Å². The van der Waals surface area contributed by atoms with Gasteiger partial charge in [-0.15, -0.1) is 0 Å². The Bertz CT molecular complexity index is 652. The highest BCUT2D eigenvalue weighted by Crippen LogP contribution is 2.33. The summed E-state index contributed by atoms with van der Waals surface area (Å²) in [4.78, 5) is 19.0. The van der Waals surface area contributed by atoms with Gasteiger partial charge >= 0.3 is 0 Å². The Morgan fingerprint density at radius 2 is 2.14 bits per heavy atom. The van der Waals surface area contributed by atoms with Gasteiger partial charge in [0.25, 0.3) is 5.91 Å². The molecular formula is C15H16N2O3S2. The SMILES string of the molecule is COc1cc(/C=C2\SC(N3CCSCC3)=NC2=O)ccc1O. The van der Waals surface area contributed by atoms with Crippen LogP contribution in [0.5, 0.6) is 11.5 Å². The maximum Gasteiger partial charge on any atom is 0.286 e. The highest BCUT2D eigenvalue weighted by atomic mass is 32.2. The molecule has 1 fully saturated rings. The molecule has 1 aromatic rings. The molecule has 0 aromatic heterocycles. The Kier molecular flexibility index (Phi) is 4.63. The smallest absolute Gasteiger partial charge is 0.286 e. The molecule has 116 valence electrons. The summed E-state index contributed by atoms with van der Waals surface area (Å²) in [5.41, 5.74) is 0.802. The second kappa shape index (κ2) is 6.66. The predicted octanol–water partition coefficient (Wildman–Crippen LogP) is 2.42. The summed E-state index contributed by atoms with van der Waals surface area (Å²) in [5.74, 6) is 2.41. The Labute approximate surface area is 137 Å². The number of rotatable bonds is 2. The second-order valence-electron chi connectivity index (χ2n) is 4.84. The zero-order valence-electron chi connectivity index (χ0n) is 12.1. The van der Waals surface area contributed by atoms with E-state index in [2.05, 4.69) is 9.89 Å². The van der Waals surface area contributed by atoms with Gasteiger partial charge in [0, 0.05) is 24.6 Å². The summed E-state index contributed by atoms with van der Waals surface area (Å²) in [6, 6.07) is 5.00. The van der Waals surface area contributed by atoms with Crippen molar-refractivity contribution < 1.29 is 14.6 Å². The minimum absolute atomic E-state index is 0.0813. The molecule has 0 spiro atoms. The minimum atomic E-state index is -0.203. The standard InChI is InChI=1S/C15H16N2O3S2/c1-20-12-8-10(2-3-11(12)18)9-13-14(19)16-15(22-13)17-4-6-21-7-5-17/h2-3,8-9,18H,4-7H2,1H3/b13-9-. The molecule has 0 radical (unpaired) electrons. The van der Waals surface area contributed by atoms with Crippen molar-refractivity contribution in [3.05, 3.63) is 28.7 Å². The normalized spacial score (nSPS) is 20.4. The predicted molar refractivity (Wildman–Crippen MR) is 91.6 cm³/mol. The number of amidine groups is 1. The van der Waals surface area contributed by atoms with Gasteiger partial charge in [0.2, 0.25) is 0 Å². The van der Waals surface area contributed by atoms with Gasteiger partial charge in [-0.25, -0.2) is 0 Å². The number of benzene rings is 1. The molecule has 0 bridgehead atoms. The fraction of sp³-hybridized carbons (Fsp3) is 0.333. The molecule has 0 aliphatic carbocycles. The van der Waals surface area contributed by atoms with Crippen molar-refractivity contribution in [3.63, 3.8) is 0 Å². The molecule has 1 aromatic carbocycles. The van der Waals surface area contributed by atoms with Gasteiger partial charge in [-0.05, 0) is 35.5 Å². The lowest BCUT2D eigenvalue weighted by atomic mass is 10.2. The number of phenols is 1. The van der Waals surface area contributed by atoms with E-state index < -0.39 is 0 Å². The van der Waals surface area contributed by atoms with Crippen molar-refractivity contribution in [2.75, 3.05) is 31.7 Å². The highest BCUT2D eigenvalue weighted by molar-refractivity contribution is 8.18. The topological polar surface area (TPSA) is 62.1 Å². The fourth-order valence-corrected chi connectivity index (χ4v) is 4.09. The van der Waals surface area contributed by atoms with Gasteiger partial charge in [0.05, 0.1) is 12.0 Å². The highest BCUT2D eigenvalue weighted by Gasteiger charge is 2.27. The van der Waals surface area contributed by atoms with E-state index >= 15 is 0 Å². The van der Waals surface area contributed by atoms with E-state index in [1.807, 2.05) is 11.8 Å². The molecule has 1 N–H and O–H groups in total. The third-order valence-electron chi connectivity index (χ3n) is 3.39. The Morgan fingerprint density at radius 1 is 1.36 bits per heavy atom. The molecule has 22 heavy (non-hydrogen) atoms. The quantitative estimate of drug-likeness (QED) is 0.837. The first kappa shape index (κ1) is 15.3. The van der Waals surface area contributed by atoms with Crippen LogP contribution < -0.4 is 4.74 Å². The van der Waals surface area contributed by atoms with E-state index in [9.17, 15) is 9.90 Å². The van der Waals surface area contributed by atoms with E-state index in [4.69, 9.17) is 4.74 Å². The number of aromatic hydroxyl groups is 1. The van der Waals surface area contributed by atoms with E-state index in [0.29, 0.717) is 10.7 Å². The Balaban J connectivity index is 1.77. The van der Waals surface area contributed by atoms with Crippen LogP contribution >= 0.6 is 23.5 Å². The van der Waals surface area contributed by atoms with Gasteiger partial charge in [-0.3, -0.25) is 4.79 Å². The van der Waals surface area contributed by atoms with E-state index in [-0.39, 0.29) is 11.7 Å². The zero-order valence-corrected chi connectivity index (χ0v) is 13.7. The molecule has 5 nitrogen and oxygen atoms in total. The van der Waals surface area contributed by atoms with Gasteiger partial charge in [-0.2, -0.15) is 16.8 Å². The van der Waals surface area contributed by atoms with Crippen molar-refractivity contribution in [1.82, 2.24) is 4.90 Å². The number of aliphatic imine (C=N–C) groups is 1. The van der Waals surface area contributed by atoms with Crippen molar-refractivity contribution >= 4 is 40.7 Å². The van der Waals surface area contributed by atoms with E-state index in [0.717, 1.165) is 35.3 Å². The maximum atomic E-state index is 12.1. The number of carbonyl (C=O) groups excluding carboxylic acids is 1. The average molecular weight is 336 g/mol. The molecule has 7 heteroatoms. The van der Waals surface area contributed by atoms with Crippen LogP contribution in [0.4, 0.5) is 0 Å². The van der Waals surface area contributed by atoms with Gasteiger partial charge in [-0.1, -0.05) is 6.07 Å². The van der Waals surface area contributed by atoms with Crippen LogP contribution in [-0.2, 0) is 4.79 Å². The third-order valence-corrected chi connectivity index (χ3v) is 5.38. The molecule has 3 rings (SSSR count). The zero-order chi connectivity index (χ0) is 15.5. The lowest BCUT2D eigenvalue weighted by Gasteiger charge is -2.26. The van der Waals surface area contributed by atoms with E-state index in [1.54, 1.807) is 24.3 Å². The summed E-state index contributed by atoms with van der Waals surface area (Å²) in [5, 5.41) is 10.4. The molecule has 2 aliphatic heterocycles. The lowest BCUT2D eigenvalue weighted by molar-refractivity contribution is -0.113. The number of ether oxygens (including phenoxy) is 1. The van der Waals surface area contributed by atoms with Crippen molar-refractivity contribution in [1.29, 1.82) is 0 Å². The molecule has 2 heterocycles. The number of hydrogen-bond acceptors (Lipinski definition) is 6. The van der Waals surface area contributed by atoms with Crippen molar-refractivity contribution in [2.45, 2.75) is 0 Å². The van der Waals surface area contributed by atoms with Crippen LogP contribution in [0.25, 0.3) is 6.08 Å². The largest absolute Gasteiger partial charge is 0.504 e. The number of thioether (sulfide) groups is 2. The van der Waals surface area contributed by atoms with Gasteiger partial charge in [0.15, 0.2) is 16.7 Å². The molecule has 1 saturated heterocycles. The van der Waals surface area contributed by atoms with Crippen LogP contribution in [0.2, 0.25) is 0 Å². The monoisotopic (exact) mass is 336 g/mol.